The minimum absolute atomic E-state index is 0.355. The summed E-state index contributed by atoms with van der Waals surface area (Å²) in [6.07, 6.45) is 5.42. The number of aromatic nitrogens is 4. The number of piperidine rings is 1. The summed E-state index contributed by atoms with van der Waals surface area (Å²) in [5, 5.41) is 5.43. The topological polar surface area (TPSA) is 116 Å². The van der Waals surface area contributed by atoms with Gasteiger partial charge in [-0.3, -0.25) is 14.9 Å². The number of aromatic amines is 1. The highest BCUT2D eigenvalue weighted by atomic mass is 32.2. The van der Waals surface area contributed by atoms with E-state index in [1.807, 2.05) is 24.3 Å². The van der Waals surface area contributed by atoms with Crippen LogP contribution in [0.3, 0.4) is 0 Å². The summed E-state index contributed by atoms with van der Waals surface area (Å²) in [5.74, 6) is 1.82. The zero-order chi connectivity index (χ0) is 21.9. The van der Waals surface area contributed by atoms with Crippen LogP contribution < -0.4 is 15.5 Å². The first-order valence-corrected chi connectivity index (χ1v) is 11.4. The molecule has 0 atom stereocenters. The van der Waals surface area contributed by atoms with Crippen molar-refractivity contribution in [1.82, 2.24) is 30.6 Å². The average molecular weight is 450 g/mol. The lowest BCUT2D eigenvalue weighted by Gasteiger charge is -2.32. The van der Waals surface area contributed by atoms with Crippen molar-refractivity contribution in [3.8, 4) is 0 Å². The van der Waals surface area contributed by atoms with Crippen LogP contribution in [0.5, 0.6) is 0 Å². The van der Waals surface area contributed by atoms with Crippen LogP contribution in [0.1, 0.15) is 24.4 Å². The number of imide groups is 1. The van der Waals surface area contributed by atoms with E-state index in [-0.39, 0.29) is 11.1 Å². The van der Waals surface area contributed by atoms with Gasteiger partial charge in [-0.25, -0.2) is 15.0 Å². The number of hydrogen-bond acceptors (Lipinski definition) is 8. The van der Waals surface area contributed by atoms with Crippen LogP contribution in [0.25, 0.3) is 17.1 Å². The van der Waals surface area contributed by atoms with Gasteiger partial charge in [-0.1, -0.05) is 12.1 Å². The molecule has 4 heterocycles. The molecule has 164 valence electrons. The van der Waals surface area contributed by atoms with E-state index in [2.05, 4.69) is 35.5 Å². The predicted octanol–water partition coefficient (Wildman–Crippen LogP) is 2.68. The molecule has 32 heavy (non-hydrogen) atoms. The number of nitrogens with zero attached hydrogens (tertiary/aromatic N) is 4. The molecule has 0 spiro atoms. The van der Waals surface area contributed by atoms with Crippen molar-refractivity contribution in [2.24, 2.45) is 5.92 Å². The van der Waals surface area contributed by atoms with Crippen LogP contribution in [0.15, 0.2) is 41.4 Å². The number of benzene rings is 1. The van der Waals surface area contributed by atoms with Crippen LogP contribution in [0.4, 0.5) is 10.7 Å². The fourth-order valence-corrected chi connectivity index (χ4v) is 4.64. The normalized spacial score (nSPS) is 18.6. The molecule has 2 aliphatic heterocycles. The summed E-state index contributed by atoms with van der Waals surface area (Å²) < 4.78 is 0. The molecule has 2 fully saturated rings. The standard InChI is InChI=1S/C22H23N7O2S/c30-20-18(32-22(31)28-20)11-15-5-8-24-21(25-15)29-9-6-14(7-10-29)12-23-13-19-26-16-3-1-2-4-17(16)27-19/h1-5,8,11,14,23H,6-7,9-10,12-13H2,(H,26,27)(H,28,30,31). The number of imidazole rings is 1. The van der Waals surface area contributed by atoms with Gasteiger partial charge in [0.1, 0.15) is 5.82 Å². The zero-order valence-electron chi connectivity index (χ0n) is 17.4. The van der Waals surface area contributed by atoms with Crippen molar-refractivity contribution in [1.29, 1.82) is 0 Å². The number of nitrogens with one attached hydrogen (secondary N) is 3. The van der Waals surface area contributed by atoms with Crippen LogP contribution in [-0.4, -0.2) is 50.7 Å². The minimum Gasteiger partial charge on any atom is -0.341 e. The molecule has 2 amide bonds. The molecule has 5 rings (SSSR count). The van der Waals surface area contributed by atoms with Gasteiger partial charge < -0.3 is 15.2 Å². The number of H-pyrrole nitrogens is 1. The van der Waals surface area contributed by atoms with Crippen LogP contribution in [0.2, 0.25) is 0 Å². The number of amides is 2. The van der Waals surface area contributed by atoms with E-state index in [1.165, 1.54) is 0 Å². The molecule has 0 aliphatic carbocycles. The van der Waals surface area contributed by atoms with Crippen molar-refractivity contribution < 1.29 is 9.59 Å². The minimum atomic E-state index is -0.379. The van der Waals surface area contributed by atoms with Crippen molar-refractivity contribution in [2.45, 2.75) is 19.4 Å². The van der Waals surface area contributed by atoms with Crippen molar-refractivity contribution in [2.75, 3.05) is 24.5 Å². The number of thioether (sulfide) groups is 1. The lowest BCUT2D eigenvalue weighted by molar-refractivity contribution is -0.115. The molecule has 2 saturated heterocycles. The second-order valence-corrected chi connectivity index (χ2v) is 8.91. The van der Waals surface area contributed by atoms with Crippen LogP contribution in [-0.2, 0) is 11.3 Å². The lowest BCUT2D eigenvalue weighted by atomic mass is 9.97. The van der Waals surface area contributed by atoms with E-state index < -0.39 is 0 Å². The number of hydrogen-bond donors (Lipinski definition) is 3. The highest BCUT2D eigenvalue weighted by Gasteiger charge is 2.25. The molecular weight excluding hydrogens is 426 g/mol. The Bertz CT molecular complexity index is 1150. The summed E-state index contributed by atoms with van der Waals surface area (Å²) in [4.78, 5) is 42.5. The second-order valence-electron chi connectivity index (χ2n) is 7.90. The quantitative estimate of drug-likeness (QED) is 0.492. The summed E-state index contributed by atoms with van der Waals surface area (Å²) in [7, 11) is 0. The number of fused-ring (bicyclic) bond motifs is 1. The Balaban J connectivity index is 1.12. The molecule has 0 saturated carbocycles. The lowest BCUT2D eigenvalue weighted by Crippen LogP contribution is -2.38. The molecule has 0 bridgehead atoms. The van der Waals surface area contributed by atoms with E-state index in [1.54, 1.807) is 18.3 Å². The zero-order valence-corrected chi connectivity index (χ0v) is 18.2. The van der Waals surface area contributed by atoms with Gasteiger partial charge in [0.15, 0.2) is 0 Å². The van der Waals surface area contributed by atoms with Crippen molar-refractivity contribution in [3.63, 3.8) is 0 Å². The summed E-state index contributed by atoms with van der Waals surface area (Å²) in [5.41, 5.74) is 2.68. The Morgan fingerprint density at radius 2 is 2.00 bits per heavy atom. The van der Waals surface area contributed by atoms with Crippen LogP contribution in [0, 0.1) is 5.92 Å². The van der Waals surface area contributed by atoms with Gasteiger partial charge in [0.2, 0.25) is 5.95 Å². The highest BCUT2D eigenvalue weighted by molar-refractivity contribution is 8.18. The third-order valence-corrected chi connectivity index (χ3v) is 6.46. The molecular formula is C22H23N7O2S. The fourth-order valence-electron chi connectivity index (χ4n) is 3.97. The monoisotopic (exact) mass is 449 g/mol. The number of para-hydroxylation sites is 2. The average Bonchev–Trinajstić information content (AvgIpc) is 3.36. The fraction of sp³-hybridized carbons (Fsp3) is 0.318. The molecule has 0 unspecified atom stereocenters. The van der Waals surface area contributed by atoms with Crippen molar-refractivity contribution in [3.05, 3.63) is 53.0 Å². The largest absolute Gasteiger partial charge is 0.341 e. The van der Waals surface area contributed by atoms with Gasteiger partial charge >= 0.3 is 0 Å². The number of carbonyl (C=O) groups excluding carboxylic acids is 2. The molecule has 10 heteroatoms. The summed E-state index contributed by atoms with van der Waals surface area (Å²) in [6, 6.07) is 9.79. The first-order chi connectivity index (χ1) is 15.6. The number of carbonyl (C=O) groups is 2. The third-order valence-electron chi connectivity index (χ3n) is 5.65. The van der Waals surface area contributed by atoms with Gasteiger partial charge in [0.05, 0.1) is 28.2 Å². The molecule has 3 aromatic rings. The van der Waals surface area contributed by atoms with E-state index in [4.69, 9.17) is 0 Å². The molecule has 3 N–H and O–H groups in total. The molecule has 1 aromatic carbocycles. The van der Waals surface area contributed by atoms with Gasteiger partial charge in [-0.05, 0) is 61.3 Å². The molecule has 0 radical (unpaired) electrons. The van der Waals surface area contributed by atoms with Gasteiger partial charge in [0, 0.05) is 19.3 Å². The third kappa shape index (κ3) is 4.66. The number of rotatable bonds is 6. The van der Waals surface area contributed by atoms with E-state index >= 15 is 0 Å². The molecule has 2 aliphatic rings. The number of anilines is 1. The summed E-state index contributed by atoms with van der Waals surface area (Å²) in [6.45, 7) is 3.43. The summed E-state index contributed by atoms with van der Waals surface area (Å²) >= 11 is 0.891. The Kier molecular flexibility index (Phi) is 5.87. The molecule has 2 aromatic heterocycles. The Labute approximate surface area is 189 Å². The first kappa shape index (κ1) is 20.7. The van der Waals surface area contributed by atoms with Crippen molar-refractivity contribution >= 4 is 46.0 Å². The maximum absolute atomic E-state index is 11.7. The smallest absolute Gasteiger partial charge is 0.290 e. The second kappa shape index (κ2) is 9.09. The van der Waals surface area contributed by atoms with Crippen LogP contribution >= 0.6 is 11.8 Å². The highest BCUT2D eigenvalue weighted by Crippen LogP contribution is 2.26. The van der Waals surface area contributed by atoms with Gasteiger partial charge in [0.25, 0.3) is 11.1 Å². The predicted molar refractivity (Wildman–Crippen MR) is 124 cm³/mol. The Morgan fingerprint density at radius 3 is 2.78 bits per heavy atom. The Hall–Kier alpha value is -3.24. The SMILES string of the molecule is O=C1NC(=O)C(=Cc2ccnc(N3CCC(CNCc4nc5ccccc5[nH]4)CC3)n2)S1. The van der Waals surface area contributed by atoms with Gasteiger partial charge in [-0.2, -0.15) is 0 Å². The van der Waals surface area contributed by atoms with E-state index in [9.17, 15) is 9.59 Å². The maximum atomic E-state index is 11.7. The first-order valence-electron chi connectivity index (χ1n) is 10.6. The van der Waals surface area contributed by atoms with Gasteiger partial charge in [-0.15, -0.1) is 0 Å². The van der Waals surface area contributed by atoms with E-state index in [0.717, 1.165) is 67.6 Å². The van der Waals surface area contributed by atoms with E-state index in [0.29, 0.717) is 22.5 Å². The Morgan fingerprint density at radius 1 is 1.16 bits per heavy atom. The molecule has 9 nitrogen and oxygen atoms in total. The maximum Gasteiger partial charge on any atom is 0.290 e.